The molecule has 2 atom stereocenters. The van der Waals surface area contributed by atoms with Crippen molar-refractivity contribution >= 4 is 11.9 Å². The van der Waals surface area contributed by atoms with Crippen molar-refractivity contribution < 1.29 is 24.2 Å². The fourth-order valence-electron chi connectivity index (χ4n) is 2.56. The van der Waals surface area contributed by atoms with Crippen molar-refractivity contribution in [3.05, 3.63) is 0 Å². The Morgan fingerprint density at radius 1 is 1.44 bits per heavy atom. The molecular weight excluding hydrogens is 236 g/mol. The standard InChI is InChI=1S/C13H22O5/c1-4-17-12(16)13(9(2)3,11(14)15)10-7-5-6-8-18-10/h9-10H,4-8H2,1-3H3,(H,14,15). The zero-order valence-corrected chi connectivity index (χ0v) is 11.3. The van der Waals surface area contributed by atoms with Gasteiger partial charge in [0.25, 0.3) is 0 Å². The fourth-order valence-corrected chi connectivity index (χ4v) is 2.56. The van der Waals surface area contributed by atoms with E-state index < -0.39 is 23.5 Å². The van der Waals surface area contributed by atoms with Crippen molar-refractivity contribution in [2.24, 2.45) is 11.3 Å². The van der Waals surface area contributed by atoms with E-state index in [0.717, 1.165) is 12.8 Å². The number of esters is 1. The van der Waals surface area contributed by atoms with Gasteiger partial charge in [-0.25, -0.2) is 0 Å². The highest BCUT2D eigenvalue weighted by Gasteiger charge is 2.57. The van der Waals surface area contributed by atoms with Gasteiger partial charge >= 0.3 is 11.9 Å². The summed E-state index contributed by atoms with van der Waals surface area (Å²) in [6, 6.07) is 0. The molecule has 1 rings (SSSR count). The third-order valence-corrected chi connectivity index (χ3v) is 3.57. The first-order valence-electron chi connectivity index (χ1n) is 6.50. The molecule has 1 fully saturated rings. The van der Waals surface area contributed by atoms with E-state index in [9.17, 15) is 14.7 Å². The summed E-state index contributed by atoms with van der Waals surface area (Å²) < 4.78 is 10.5. The summed E-state index contributed by atoms with van der Waals surface area (Å²) in [6.07, 6.45) is 1.78. The molecule has 1 aliphatic rings. The summed E-state index contributed by atoms with van der Waals surface area (Å²) >= 11 is 0. The summed E-state index contributed by atoms with van der Waals surface area (Å²) in [5, 5.41) is 9.56. The monoisotopic (exact) mass is 258 g/mol. The van der Waals surface area contributed by atoms with Crippen molar-refractivity contribution in [3.8, 4) is 0 Å². The lowest BCUT2D eigenvalue weighted by molar-refractivity contribution is -0.190. The van der Waals surface area contributed by atoms with Gasteiger partial charge in [-0.15, -0.1) is 0 Å². The van der Waals surface area contributed by atoms with Gasteiger partial charge in [0.1, 0.15) is 0 Å². The van der Waals surface area contributed by atoms with E-state index in [4.69, 9.17) is 9.47 Å². The maximum Gasteiger partial charge on any atom is 0.326 e. The fraction of sp³-hybridized carbons (Fsp3) is 0.846. The second-order valence-corrected chi connectivity index (χ2v) is 4.90. The summed E-state index contributed by atoms with van der Waals surface area (Å²) in [6.45, 7) is 5.80. The number of hydrogen-bond acceptors (Lipinski definition) is 4. The van der Waals surface area contributed by atoms with Gasteiger partial charge in [-0.05, 0) is 32.1 Å². The van der Waals surface area contributed by atoms with Gasteiger partial charge < -0.3 is 14.6 Å². The van der Waals surface area contributed by atoms with Gasteiger partial charge in [0.05, 0.1) is 12.7 Å². The van der Waals surface area contributed by atoms with E-state index >= 15 is 0 Å². The average molecular weight is 258 g/mol. The molecule has 0 saturated carbocycles. The zero-order chi connectivity index (χ0) is 13.8. The van der Waals surface area contributed by atoms with Crippen LogP contribution in [0, 0.1) is 11.3 Å². The SMILES string of the molecule is CCOC(=O)C(C(=O)O)(C(C)C)C1CCCCO1. The molecule has 1 heterocycles. The number of carbonyl (C=O) groups excluding carboxylic acids is 1. The van der Waals surface area contributed by atoms with Crippen LogP contribution in [0.15, 0.2) is 0 Å². The van der Waals surface area contributed by atoms with E-state index in [-0.39, 0.29) is 12.5 Å². The zero-order valence-electron chi connectivity index (χ0n) is 11.3. The second-order valence-electron chi connectivity index (χ2n) is 4.90. The summed E-state index contributed by atoms with van der Waals surface area (Å²) in [4.78, 5) is 23.9. The third-order valence-electron chi connectivity index (χ3n) is 3.57. The van der Waals surface area contributed by atoms with Crippen LogP contribution in [0.4, 0.5) is 0 Å². The summed E-state index contributed by atoms with van der Waals surface area (Å²) in [7, 11) is 0. The first-order valence-corrected chi connectivity index (χ1v) is 6.50. The van der Waals surface area contributed by atoms with Crippen LogP contribution in [0.2, 0.25) is 0 Å². The molecule has 1 aliphatic heterocycles. The molecule has 0 aromatic carbocycles. The molecule has 18 heavy (non-hydrogen) atoms. The van der Waals surface area contributed by atoms with Crippen LogP contribution >= 0.6 is 0 Å². The first kappa shape index (κ1) is 15.0. The first-order chi connectivity index (χ1) is 8.47. The molecule has 0 aliphatic carbocycles. The lowest BCUT2D eigenvalue weighted by atomic mass is 9.70. The maximum atomic E-state index is 12.2. The predicted molar refractivity (Wildman–Crippen MR) is 65.1 cm³/mol. The Kier molecular flexibility index (Phi) is 5.14. The van der Waals surface area contributed by atoms with Crippen molar-refractivity contribution in [1.29, 1.82) is 0 Å². The van der Waals surface area contributed by atoms with Crippen molar-refractivity contribution in [3.63, 3.8) is 0 Å². The number of carbonyl (C=O) groups is 2. The number of aliphatic carboxylic acids is 1. The van der Waals surface area contributed by atoms with Crippen LogP contribution in [0.1, 0.15) is 40.0 Å². The van der Waals surface area contributed by atoms with Crippen LogP contribution in [-0.2, 0) is 19.1 Å². The van der Waals surface area contributed by atoms with Crippen LogP contribution in [0.3, 0.4) is 0 Å². The van der Waals surface area contributed by atoms with Crippen LogP contribution in [0.5, 0.6) is 0 Å². The predicted octanol–water partition coefficient (Wildman–Crippen LogP) is 1.85. The molecule has 2 unspecified atom stereocenters. The molecule has 5 nitrogen and oxygen atoms in total. The molecule has 0 spiro atoms. The Labute approximate surface area is 107 Å². The van der Waals surface area contributed by atoms with Crippen molar-refractivity contribution in [1.82, 2.24) is 0 Å². The number of hydrogen-bond donors (Lipinski definition) is 1. The number of carboxylic acid groups (broad SMARTS) is 1. The lowest BCUT2D eigenvalue weighted by Crippen LogP contribution is -2.55. The minimum Gasteiger partial charge on any atom is -0.480 e. The largest absolute Gasteiger partial charge is 0.480 e. The van der Waals surface area contributed by atoms with Gasteiger partial charge in [0, 0.05) is 6.61 Å². The highest BCUT2D eigenvalue weighted by molar-refractivity contribution is 6.00. The van der Waals surface area contributed by atoms with Gasteiger partial charge in [-0.1, -0.05) is 13.8 Å². The van der Waals surface area contributed by atoms with E-state index in [1.54, 1.807) is 20.8 Å². The maximum absolute atomic E-state index is 12.2. The van der Waals surface area contributed by atoms with Gasteiger partial charge in [0.2, 0.25) is 0 Å². The molecule has 104 valence electrons. The molecule has 0 bridgehead atoms. The van der Waals surface area contributed by atoms with E-state index in [0.29, 0.717) is 13.0 Å². The Morgan fingerprint density at radius 3 is 2.50 bits per heavy atom. The normalized spacial score (nSPS) is 23.4. The Hall–Kier alpha value is -1.10. The van der Waals surface area contributed by atoms with Crippen LogP contribution in [-0.4, -0.2) is 36.4 Å². The minimum atomic E-state index is -1.59. The number of ether oxygens (including phenoxy) is 2. The molecule has 0 amide bonds. The second kappa shape index (κ2) is 6.18. The van der Waals surface area contributed by atoms with Gasteiger partial charge in [-0.3, -0.25) is 9.59 Å². The van der Waals surface area contributed by atoms with E-state index in [1.807, 2.05) is 0 Å². The number of carboxylic acids is 1. The highest BCUT2D eigenvalue weighted by Crippen LogP contribution is 2.39. The molecule has 0 radical (unpaired) electrons. The van der Waals surface area contributed by atoms with Gasteiger partial charge in [-0.2, -0.15) is 0 Å². The molecule has 1 N–H and O–H groups in total. The summed E-state index contributed by atoms with van der Waals surface area (Å²) in [5.74, 6) is -2.21. The Morgan fingerprint density at radius 2 is 2.11 bits per heavy atom. The molecule has 0 aromatic heterocycles. The van der Waals surface area contributed by atoms with Crippen molar-refractivity contribution in [2.45, 2.75) is 46.1 Å². The molecule has 0 aromatic rings. The van der Waals surface area contributed by atoms with E-state index in [2.05, 4.69) is 0 Å². The van der Waals surface area contributed by atoms with E-state index in [1.165, 1.54) is 0 Å². The topological polar surface area (TPSA) is 72.8 Å². The minimum absolute atomic E-state index is 0.174. The Balaban J connectivity index is 3.11. The molecule has 5 heteroatoms. The average Bonchev–Trinajstić information content (AvgIpc) is 2.30. The smallest absolute Gasteiger partial charge is 0.326 e. The third kappa shape index (κ3) is 2.51. The Bertz CT molecular complexity index is 307. The quantitative estimate of drug-likeness (QED) is 0.601. The highest BCUT2D eigenvalue weighted by atomic mass is 16.5. The summed E-state index contributed by atoms with van der Waals surface area (Å²) in [5.41, 5.74) is -1.59. The van der Waals surface area contributed by atoms with Crippen LogP contribution in [0.25, 0.3) is 0 Å². The number of rotatable bonds is 5. The van der Waals surface area contributed by atoms with Crippen LogP contribution < -0.4 is 0 Å². The lowest BCUT2D eigenvalue weighted by Gasteiger charge is -2.39. The van der Waals surface area contributed by atoms with Crippen molar-refractivity contribution in [2.75, 3.05) is 13.2 Å². The molecular formula is C13H22O5. The van der Waals surface area contributed by atoms with Gasteiger partial charge in [0.15, 0.2) is 5.41 Å². The molecule has 1 saturated heterocycles.